The van der Waals surface area contributed by atoms with Crippen LogP contribution in [0.1, 0.15) is 37.5 Å². The number of aryl methyl sites for hydroxylation is 2. The van der Waals surface area contributed by atoms with E-state index < -0.39 is 11.9 Å². The van der Waals surface area contributed by atoms with Crippen molar-refractivity contribution in [3.63, 3.8) is 0 Å². The summed E-state index contributed by atoms with van der Waals surface area (Å²) in [6.45, 7) is 12.3. The van der Waals surface area contributed by atoms with Crippen LogP contribution in [0.15, 0.2) is 35.1 Å². The van der Waals surface area contributed by atoms with Crippen LogP contribution in [0.3, 0.4) is 0 Å². The molecule has 0 aliphatic rings. The van der Waals surface area contributed by atoms with Crippen LogP contribution in [0.4, 0.5) is 10.5 Å². The molecule has 0 saturated carbocycles. The van der Waals surface area contributed by atoms with Crippen molar-refractivity contribution in [2.24, 2.45) is 5.73 Å². The summed E-state index contributed by atoms with van der Waals surface area (Å²) in [4.78, 5) is 40.9. The number of nitrogens with zero attached hydrogens (tertiary/aromatic N) is 4. The first-order valence-corrected chi connectivity index (χ1v) is 11.3. The smallest absolute Gasteiger partial charge is 0.333 e. The van der Waals surface area contributed by atoms with Crippen molar-refractivity contribution in [1.82, 2.24) is 14.0 Å². The third-order valence-corrected chi connectivity index (χ3v) is 6.44. The number of likely N-dealkylation sites (N-methyl/N-ethyl adjacent to an activating group) is 1. The summed E-state index contributed by atoms with van der Waals surface area (Å²) in [5, 5.41) is 0. The molecular formula is C25H33N5O3. The number of urea groups is 1. The molecule has 3 rings (SSSR count). The Hall–Kier alpha value is -3.55. The minimum atomic E-state index is -0.805. The summed E-state index contributed by atoms with van der Waals surface area (Å²) in [6.07, 6.45) is -0.0200. The predicted octanol–water partition coefficient (Wildman–Crippen LogP) is 3.35. The summed E-state index contributed by atoms with van der Waals surface area (Å²) < 4.78 is 3.38. The summed E-state index contributed by atoms with van der Waals surface area (Å²) in [5.74, 6) is -0.413. The topological polar surface area (TPSA) is 93.6 Å². The van der Waals surface area contributed by atoms with Crippen molar-refractivity contribution in [3.8, 4) is 5.69 Å². The Labute approximate surface area is 194 Å². The average molecular weight is 452 g/mol. The second-order valence-electron chi connectivity index (χ2n) is 8.18. The first kappa shape index (κ1) is 24.1. The lowest BCUT2D eigenvalue weighted by molar-refractivity contribution is -0.126. The number of benzene rings is 2. The molecule has 8 heteroatoms. The molecule has 0 atom stereocenters. The van der Waals surface area contributed by atoms with E-state index in [0.717, 1.165) is 51.6 Å². The van der Waals surface area contributed by atoms with Gasteiger partial charge in [0.25, 0.3) is 0 Å². The van der Waals surface area contributed by atoms with Gasteiger partial charge in [-0.05, 0) is 81.6 Å². The van der Waals surface area contributed by atoms with E-state index in [9.17, 15) is 14.4 Å². The van der Waals surface area contributed by atoms with Crippen LogP contribution in [0.5, 0.6) is 0 Å². The maximum atomic E-state index is 13.5. The minimum Gasteiger partial charge on any atom is -0.372 e. The highest BCUT2D eigenvalue weighted by Crippen LogP contribution is 2.28. The van der Waals surface area contributed by atoms with E-state index in [-0.39, 0.29) is 12.1 Å². The number of imide groups is 1. The first-order valence-electron chi connectivity index (χ1n) is 11.3. The number of aromatic nitrogens is 2. The van der Waals surface area contributed by atoms with E-state index >= 15 is 0 Å². The van der Waals surface area contributed by atoms with Gasteiger partial charge in [0.1, 0.15) is 0 Å². The molecule has 0 fully saturated rings. The molecule has 3 aromatic rings. The van der Waals surface area contributed by atoms with Crippen LogP contribution < -0.4 is 16.3 Å². The fraction of sp³-hybridized carbons (Fsp3) is 0.400. The average Bonchev–Trinajstić information content (AvgIpc) is 3.07. The molecular weight excluding hydrogens is 418 g/mol. The number of imidazole rings is 1. The van der Waals surface area contributed by atoms with Crippen molar-refractivity contribution in [2.75, 3.05) is 25.0 Å². The molecule has 0 aliphatic heterocycles. The number of fused-ring (bicyclic) bond motifs is 1. The van der Waals surface area contributed by atoms with Crippen LogP contribution in [0.2, 0.25) is 0 Å². The lowest BCUT2D eigenvalue weighted by Gasteiger charge is -2.21. The van der Waals surface area contributed by atoms with Crippen molar-refractivity contribution in [1.29, 1.82) is 0 Å². The first-order chi connectivity index (χ1) is 15.7. The number of rotatable bonds is 7. The van der Waals surface area contributed by atoms with Crippen LogP contribution in [-0.2, 0) is 17.8 Å². The number of carbonyl (C=O) groups is 2. The van der Waals surface area contributed by atoms with Gasteiger partial charge in [-0.15, -0.1) is 0 Å². The van der Waals surface area contributed by atoms with Gasteiger partial charge >= 0.3 is 11.7 Å². The largest absolute Gasteiger partial charge is 0.372 e. The van der Waals surface area contributed by atoms with E-state index in [2.05, 4.69) is 18.7 Å². The highest BCUT2D eigenvalue weighted by Gasteiger charge is 2.23. The zero-order chi connectivity index (χ0) is 24.4. The van der Waals surface area contributed by atoms with Crippen molar-refractivity contribution in [2.45, 2.75) is 47.6 Å². The van der Waals surface area contributed by atoms with Crippen LogP contribution >= 0.6 is 0 Å². The lowest BCUT2D eigenvalue weighted by Crippen LogP contribution is -2.38. The van der Waals surface area contributed by atoms with Gasteiger partial charge in [-0.2, -0.15) is 0 Å². The van der Waals surface area contributed by atoms with Crippen molar-refractivity contribution in [3.05, 3.63) is 57.5 Å². The summed E-state index contributed by atoms with van der Waals surface area (Å²) in [5.41, 5.74) is 11.1. The normalized spacial score (nSPS) is 11.1. The molecule has 2 N–H and O–H groups in total. The Kier molecular flexibility index (Phi) is 6.95. The number of nitrogens with two attached hydrogens (primary N) is 1. The molecule has 2 aromatic carbocycles. The van der Waals surface area contributed by atoms with E-state index in [0.29, 0.717) is 12.1 Å². The quantitative estimate of drug-likeness (QED) is 0.596. The number of carbonyl (C=O) groups excluding carboxylic acids is 2. The molecule has 8 nitrogen and oxygen atoms in total. The van der Waals surface area contributed by atoms with Gasteiger partial charge in [0.2, 0.25) is 5.91 Å². The number of hydrogen-bond acceptors (Lipinski definition) is 4. The highest BCUT2D eigenvalue weighted by atomic mass is 16.2. The lowest BCUT2D eigenvalue weighted by atomic mass is 9.98. The Morgan fingerprint density at radius 2 is 1.64 bits per heavy atom. The zero-order valence-corrected chi connectivity index (χ0v) is 20.3. The Morgan fingerprint density at radius 3 is 2.15 bits per heavy atom. The predicted molar refractivity (Wildman–Crippen MR) is 132 cm³/mol. The molecule has 0 saturated heterocycles. The van der Waals surface area contributed by atoms with E-state index in [1.54, 1.807) is 9.13 Å². The third-order valence-electron chi connectivity index (χ3n) is 6.44. The van der Waals surface area contributed by atoms with Crippen molar-refractivity contribution < 1.29 is 9.59 Å². The molecule has 33 heavy (non-hydrogen) atoms. The van der Waals surface area contributed by atoms with Gasteiger partial charge in [-0.25, -0.2) is 9.59 Å². The maximum Gasteiger partial charge on any atom is 0.333 e. The van der Waals surface area contributed by atoms with Crippen LogP contribution in [0, 0.1) is 13.8 Å². The van der Waals surface area contributed by atoms with E-state index in [1.165, 1.54) is 7.05 Å². The van der Waals surface area contributed by atoms with E-state index in [1.807, 2.05) is 51.1 Å². The second kappa shape index (κ2) is 9.52. The second-order valence-corrected chi connectivity index (χ2v) is 8.18. The Bertz CT molecular complexity index is 1250. The maximum absolute atomic E-state index is 13.5. The van der Waals surface area contributed by atoms with Gasteiger partial charge in [-0.1, -0.05) is 0 Å². The van der Waals surface area contributed by atoms with E-state index in [4.69, 9.17) is 5.73 Å². The SMILES string of the molecule is CCN(CC)c1ccc(-n2c(=O)n(CC)c3c(CC(=O)N(C)C(N)=O)c(C)c(C)cc32)cc1. The van der Waals surface area contributed by atoms with Gasteiger partial charge < -0.3 is 10.6 Å². The number of hydrogen-bond donors (Lipinski definition) is 1. The number of primary amides is 1. The molecule has 0 bridgehead atoms. The fourth-order valence-electron chi connectivity index (χ4n) is 4.30. The summed E-state index contributed by atoms with van der Waals surface area (Å²) in [7, 11) is 1.36. The Balaban J connectivity index is 2.24. The summed E-state index contributed by atoms with van der Waals surface area (Å²) in [6, 6.07) is 9.14. The fourth-order valence-corrected chi connectivity index (χ4v) is 4.30. The standard InChI is InChI=1S/C25H33N5O3/c1-7-28(8-2)18-10-12-19(13-11-18)30-21-14-16(4)17(5)20(15-22(31)27(6)24(26)32)23(21)29(9-3)25(30)33/h10-14H,7-9,15H2,1-6H3,(H2,26,32). The van der Waals surface area contributed by atoms with Gasteiger partial charge in [0.05, 0.1) is 23.1 Å². The molecule has 0 spiro atoms. The molecule has 0 unspecified atom stereocenters. The molecule has 0 aliphatic carbocycles. The van der Waals surface area contributed by atoms with Crippen molar-refractivity contribution >= 4 is 28.7 Å². The third kappa shape index (κ3) is 4.25. The number of amides is 3. The Morgan fingerprint density at radius 1 is 1.03 bits per heavy atom. The molecule has 176 valence electrons. The molecule has 0 radical (unpaired) electrons. The highest BCUT2D eigenvalue weighted by molar-refractivity contribution is 5.96. The van der Waals surface area contributed by atoms with Gasteiger partial charge in [0, 0.05) is 32.4 Å². The van der Waals surface area contributed by atoms with Gasteiger partial charge in [-0.3, -0.25) is 18.8 Å². The van der Waals surface area contributed by atoms with Gasteiger partial charge in [0.15, 0.2) is 0 Å². The molecule has 1 heterocycles. The van der Waals surface area contributed by atoms with Crippen LogP contribution in [-0.4, -0.2) is 46.1 Å². The minimum absolute atomic E-state index is 0.0200. The number of anilines is 1. The molecule has 1 aromatic heterocycles. The monoisotopic (exact) mass is 451 g/mol. The van der Waals surface area contributed by atoms with Crippen LogP contribution in [0.25, 0.3) is 16.7 Å². The molecule has 3 amide bonds. The zero-order valence-electron chi connectivity index (χ0n) is 20.3. The summed E-state index contributed by atoms with van der Waals surface area (Å²) >= 11 is 0.